The zero-order valence-electron chi connectivity index (χ0n) is 9.68. The van der Waals surface area contributed by atoms with Crippen LogP contribution in [0.25, 0.3) is 0 Å². The third-order valence-electron chi connectivity index (χ3n) is 2.92. The smallest absolute Gasteiger partial charge is 0.285 e. The molecular formula is C11H10F2N2O4. The average molecular weight is 272 g/mol. The van der Waals surface area contributed by atoms with Crippen molar-refractivity contribution in [3.63, 3.8) is 0 Å². The maximum absolute atomic E-state index is 13.1. The number of carbonyl (C=O) groups excluding carboxylic acids is 1. The van der Waals surface area contributed by atoms with Gasteiger partial charge in [0.25, 0.3) is 11.6 Å². The van der Waals surface area contributed by atoms with Crippen molar-refractivity contribution in [2.75, 3.05) is 13.1 Å². The molecule has 0 aliphatic carbocycles. The van der Waals surface area contributed by atoms with Crippen LogP contribution in [0.2, 0.25) is 0 Å². The van der Waals surface area contributed by atoms with Gasteiger partial charge in [0.15, 0.2) is 11.6 Å². The fourth-order valence-corrected chi connectivity index (χ4v) is 1.96. The first-order valence-corrected chi connectivity index (χ1v) is 5.51. The number of hydrogen-bond acceptors (Lipinski definition) is 4. The van der Waals surface area contributed by atoms with Gasteiger partial charge in [-0.15, -0.1) is 0 Å². The molecule has 1 aromatic rings. The van der Waals surface area contributed by atoms with Crippen LogP contribution in [0.1, 0.15) is 16.8 Å². The largest absolute Gasteiger partial charge is 0.391 e. The van der Waals surface area contributed by atoms with Crippen LogP contribution in [0, 0.1) is 21.7 Å². The number of nitro benzene ring substituents is 1. The highest BCUT2D eigenvalue weighted by atomic mass is 19.2. The SMILES string of the molecule is O=C(c1cc(F)c(F)cc1[N+](=O)[O-])N1CCC(O)C1. The Labute approximate surface area is 106 Å². The summed E-state index contributed by atoms with van der Waals surface area (Å²) in [5, 5.41) is 20.1. The number of hydrogen-bond donors (Lipinski definition) is 1. The van der Waals surface area contributed by atoms with E-state index in [1.165, 1.54) is 4.90 Å². The van der Waals surface area contributed by atoms with E-state index < -0.39 is 39.8 Å². The minimum Gasteiger partial charge on any atom is -0.391 e. The van der Waals surface area contributed by atoms with Crippen molar-refractivity contribution in [1.29, 1.82) is 0 Å². The summed E-state index contributed by atoms with van der Waals surface area (Å²) in [6, 6.07) is 0.898. The Morgan fingerprint density at radius 2 is 2.05 bits per heavy atom. The molecular weight excluding hydrogens is 262 g/mol. The Kier molecular flexibility index (Phi) is 3.43. The summed E-state index contributed by atoms with van der Waals surface area (Å²) in [4.78, 5) is 23.0. The van der Waals surface area contributed by atoms with Crippen LogP contribution in [-0.2, 0) is 0 Å². The number of nitro groups is 1. The second-order valence-electron chi connectivity index (χ2n) is 4.23. The van der Waals surface area contributed by atoms with Gasteiger partial charge in [-0.2, -0.15) is 0 Å². The van der Waals surface area contributed by atoms with Crippen LogP contribution < -0.4 is 0 Å². The second kappa shape index (κ2) is 4.88. The Morgan fingerprint density at radius 3 is 2.58 bits per heavy atom. The summed E-state index contributed by atoms with van der Waals surface area (Å²) < 4.78 is 26.1. The minimum absolute atomic E-state index is 0.0228. The molecule has 1 atom stereocenters. The van der Waals surface area contributed by atoms with Gasteiger partial charge in [-0.3, -0.25) is 14.9 Å². The Hall–Kier alpha value is -2.09. The van der Waals surface area contributed by atoms with E-state index in [1.54, 1.807) is 0 Å². The molecule has 1 unspecified atom stereocenters. The molecule has 0 spiro atoms. The van der Waals surface area contributed by atoms with E-state index in [0.29, 0.717) is 18.6 Å². The van der Waals surface area contributed by atoms with E-state index in [1.807, 2.05) is 0 Å². The Bertz CT molecular complexity index is 550. The molecule has 0 radical (unpaired) electrons. The highest BCUT2D eigenvalue weighted by Crippen LogP contribution is 2.25. The predicted molar refractivity (Wildman–Crippen MR) is 59.5 cm³/mol. The van der Waals surface area contributed by atoms with Gasteiger partial charge in [-0.1, -0.05) is 0 Å². The normalized spacial score (nSPS) is 18.7. The van der Waals surface area contributed by atoms with Crippen molar-refractivity contribution in [1.82, 2.24) is 4.90 Å². The van der Waals surface area contributed by atoms with E-state index >= 15 is 0 Å². The van der Waals surface area contributed by atoms with Crippen LogP contribution in [0.4, 0.5) is 14.5 Å². The first kappa shape index (κ1) is 13.3. The number of halogens is 2. The van der Waals surface area contributed by atoms with Crippen molar-refractivity contribution < 1.29 is 23.6 Å². The third-order valence-corrected chi connectivity index (χ3v) is 2.92. The number of aliphatic hydroxyl groups excluding tert-OH is 1. The molecule has 102 valence electrons. The Morgan fingerprint density at radius 1 is 1.42 bits per heavy atom. The van der Waals surface area contributed by atoms with Crippen molar-refractivity contribution in [2.24, 2.45) is 0 Å². The van der Waals surface area contributed by atoms with Crippen molar-refractivity contribution in [2.45, 2.75) is 12.5 Å². The highest BCUT2D eigenvalue weighted by molar-refractivity contribution is 5.98. The molecule has 0 saturated carbocycles. The van der Waals surface area contributed by atoms with Gasteiger partial charge in [0.1, 0.15) is 5.56 Å². The molecule has 1 aliphatic rings. The maximum atomic E-state index is 13.1. The molecule has 1 heterocycles. The van der Waals surface area contributed by atoms with Gasteiger partial charge in [-0.25, -0.2) is 8.78 Å². The van der Waals surface area contributed by atoms with Gasteiger partial charge in [0.2, 0.25) is 0 Å². The lowest BCUT2D eigenvalue weighted by molar-refractivity contribution is -0.385. The molecule has 1 aliphatic heterocycles. The van der Waals surface area contributed by atoms with Crippen molar-refractivity contribution in [3.8, 4) is 0 Å². The summed E-state index contributed by atoms with van der Waals surface area (Å²) in [7, 11) is 0. The second-order valence-corrected chi connectivity index (χ2v) is 4.23. The fraction of sp³-hybridized carbons (Fsp3) is 0.364. The first-order chi connectivity index (χ1) is 8.90. The predicted octanol–water partition coefficient (Wildman–Crippen LogP) is 1.08. The van der Waals surface area contributed by atoms with Gasteiger partial charge >= 0.3 is 0 Å². The molecule has 1 fully saturated rings. The molecule has 2 rings (SSSR count). The summed E-state index contributed by atoms with van der Waals surface area (Å²) in [5.74, 6) is -3.50. The average Bonchev–Trinajstić information content (AvgIpc) is 2.77. The number of carbonyl (C=O) groups is 1. The standard InChI is InChI=1S/C11H10F2N2O4/c12-8-3-7(10(15(18)19)4-9(8)13)11(17)14-2-1-6(16)5-14/h3-4,6,16H,1-2,5H2. The molecule has 1 N–H and O–H groups in total. The lowest BCUT2D eigenvalue weighted by Crippen LogP contribution is -2.30. The maximum Gasteiger partial charge on any atom is 0.285 e. The van der Waals surface area contributed by atoms with Crippen LogP contribution >= 0.6 is 0 Å². The minimum atomic E-state index is -1.38. The quantitative estimate of drug-likeness (QED) is 0.645. The monoisotopic (exact) mass is 272 g/mol. The molecule has 1 saturated heterocycles. The summed E-state index contributed by atoms with van der Waals surface area (Å²) in [5.41, 5.74) is -1.30. The van der Waals surface area contributed by atoms with E-state index in [-0.39, 0.29) is 13.1 Å². The van der Waals surface area contributed by atoms with E-state index in [0.717, 1.165) is 0 Å². The van der Waals surface area contributed by atoms with Gasteiger partial charge in [0, 0.05) is 13.1 Å². The molecule has 0 aromatic heterocycles. The summed E-state index contributed by atoms with van der Waals surface area (Å²) in [6.07, 6.45) is -0.350. The Balaban J connectivity index is 2.40. The van der Waals surface area contributed by atoms with Crippen molar-refractivity contribution >= 4 is 11.6 Å². The van der Waals surface area contributed by atoms with Crippen LogP contribution in [-0.4, -0.2) is 40.0 Å². The van der Waals surface area contributed by atoms with E-state index in [2.05, 4.69) is 0 Å². The lowest BCUT2D eigenvalue weighted by Gasteiger charge is -2.15. The molecule has 8 heteroatoms. The lowest BCUT2D eigenvalue weighted by atomic mass is 10.1. The molecule has 1 amide bonds. The number of rotatable bonds is 2. The molecule has 1 aromatic carbocycles. The zero-order chi connectivity index (χ0) is 14.2. The number of aliphatic hydroxyl groups is 1. The fourth-order valence-electron chi connectivity index (χ4n) is 1.96. The molecule has 6 nitrogen and oxygen atoms in total. The third kappa shape index (κ3) is 2.53. The number of likely N-dealkylation sites (tertiary alicyclic amines) is 1. The van der Waals surface area contributed by atoms with Gasteiger partial charge in [-0.05, 0) is 12.5 Å². The molecule has 0 bridgehead atoms. The van der Waals surface area contributed by atoms with Crippen LogP contribution in [0.15, 0.2) is 12.1 Å². The van der Waals surface area contributed by atoms with E-state index in [4.69, 9.17) is 0 Å². The van der Waals surface area contributed by atoms with Crippen LogP contribution in [0.3, 0.4) is 0 Å². The summed E-state index contributed by atoms with van der Waals surface area (Å²) in [6.45, 7) is 0.241. The first-order valence-electron chi connectivity index (χ1n) is 5.51. The number of amides is 1. The number of β-amino-alcohol motifs (C(OH)–C–C–N with tert-alkyl or cyclic N) is 1. The molecule has 19 heavy (non-hydrogen) atoms. The topological polar surface area (TPSA) is 83.7 Å². The highest BCUT2D eigenvalue weighted by Gasteiger charge is 2.31. The van der Waals surface area contributed by atoms with Gasteiger partial charge < -0.3 is 10.0 Å². The summed E-state index contributed by atoms with van der Waals surface area (Å²) >= 11 is 0. The van der Waals surface area contributed by atoms with Gasteiger partial charge in [0.05, 0.1) is 17.1 Å². The van der Waals surface area contributed by atoms with Crippen molar-refractivity contribution in [3.05, 3.63) is 39.4 Å². The van der Waals surface area contributed by atoms with Crippen LogP contribution in [0.5, 0.6) is 0 Å². The number of nitrogens with zero attached hydrogens (tertiary/aromatic N) is 2. The van der Waals surface area contributed by atoms with E-state index in [9.17, 15) is 28.8 Å². The zero-order valence-corrected chi connectivity index (χ0v) is 9.68. The number of benzene rings is 1.